The van der Waals surface area contributed by atoms with E-state index in [-0.39, 0.29) is 16.0 Å². The number of nitro groups is 1. The number of halogens is 2. The molecule has 0 unspecified atom stereocenters. The van der Waals surface area contributed by atoms with E-state index in [4.69, 9.17) is 34.3 Å². The average Bonchev–Trinajstić information content (AvgIpc) is 2.40. The molecule has 0 aliphatic carbocycles. The first-order valence-corrected chi connectivity index (χ1v) is 5.82. The first-order valence-electron chi connectivity index (χ1n) is 5.07. The highest BCUT2D eigenvalue weighted by Gasteiger charge is 2.12. The van der Waals surface area contributed by atoms with Gasteiger partial charge in [-0.15, -0.1) is 0 Å². The van der Waals surface area contributed by atoms with Crippen LogP contribution in [0.4, 0.5) is 5.69 Å². The predicted octanol–water partition coefficient (Wildman–Crippen LogP) is 1.86. The summed E-state index contributed by atoms with van der Waals surface area (Å²) in [6.45, 7) is 0. The van der Waals surface area contributed by atoms with E-state index in [0.717, 1.165) is 0 Å². The summed E-state index contributed by atoms with van der Waals surface area (Å²) in [7, 11) is 0. The Labute approximate surface area is 123 Å². The number of aromatic nitrogens is 2. The molecule has 0 bridgehead atoms. The molecule has 7 nitrogen and oxygen atoms in total. The summed E-state index contributed by atoms with van der Waals surface area (Å²) in [4.78, 5) is 13.0. The Hall–Kier alpha value is -2.43. The van der Waals surface area contributed by atoms with E-state index in [9.17, 15) is 10.1 Å². The number of hydrogen-bond acceptors (Lipinski definition) is 5. The topological polar surface area (TPSA) is 110 Å². The molecule has 2 heterocycles. The standard InChI is InChI=1S/C6H6N3.C5H2Cl2N2O2/c7-5-6-1-3-9(8)4-2-6;6-4-2-1-3(9(10)11)5(7)8-4/h1-4H,8H2;1-2H/q+1;. The third-order valence-corrected chi connectivity index (χ3v) is 2.46. The molecule has 2 aromatic rings. The molecule has 0 saturated carbocycles. The fourth-order valence-electron chi connectivity index (χ4n) is 1.05. The summed E-state index contributed by atoms with van der Waals surface area (Å²) in [5, 5.41) is 18.4. The third-order valence-electron chi connectivity index (χ3n) is 1.97. The van der Waals surface area contributed by atoms with Crippen LogP contribution in [0.15, 0.2) is 36.7 Å². The largest absolute Gasteiger partial charge is 0.306 e. The van der Waals surface area contributed by atoms with Crippen LogP contribution < -0.4 is 10.5 Å². The lowest BCUT2D eigenvalue weighted by Gasteiger charge is -1.92. The summed E-state index contributed by atoms with van der Waals surface area (Å²) in [5.74, 6) is 5.29. The normalized spacial score (nSPS) is 9.05. The van der Waals surface area contributed by atoms with E-state index in [1.54, 1.807) is 24.5 Å². The van der Waals surface area contributed by atoms with Crippen molar-refractivity contribution < 1.29 is 9.60 Å². The van der Waals surface area contributed by atoms with E-state index in [2.05, 4.69) is 4.98 Å². The molecule has 0 aliphatic rings. The van der Waals surface area contributed by atoms with Crippen LogP contribution in [0.3, 0.4) is 0 Å². The van der Waals surface area contributed by atoms with Crippen LogP contribution >= 0.6 is 23.2 Å². The number of nitrogens with zero attached hydrogens (tertiary/aromatic N) is 4. The van der Waals surface area contributed by atoms with Crippen LogP contribution in [0.1, 0.15) is 5.56 Å². The van der Waals surface area contributed by atoms with Crippen molar-refractivity contribution in [2.24, 2.45) is 0 Å². The van der Waals surface area contributed by atoms with E-state index in [1.165, 1.54) is 16.8 Å². The van der Waals surface area contributed by atoms with Gasteiger partial charge in [0, 0.05) is 18.2 Å². The van der Waals surface area contributed by atoms with Gasteiger partial charge < -0.3 is 0 Å². The molecule has 0 aromatic carbocycles. The van der Waals surface area contributed by atoms with Crippen molar-refractivity contribution >= 4 is 28.9 Å². The lowest BCUT2D eigenvalue weighted by molar-refractivity contribution is -0.638. The molecular weight excluding hydrogens is 305 g/mol. The number of rotatable bonds is 1. The predicted molar refractivity (Wildman–Crippen MR) is 72.4 cm³/mol. The van der Waals surface area contributed by atoms with E-state index >= 15 is 0 Å². The van der Waals surface area contributed by atoms with Gasteiger partial charge in [0.25, 0.3) is 0 Å². The van der Waals surface area contributed by atoms with Gasteiger partial charge in [-0.25, -0.2) is 10.8 Å². The second-order valence-corrected chi connectivity index (χ2v) is 4.09. The SMILES string of the molecule is N#Cc1cc[n+](N)cc1.O=[N+]([O-])c1ccc(Cl)nc1Cl. The van der Waals surface area contributed by atoms with Crippen molar-refractivity contribution in [1.82, 2.24) is 4.98 Å². The Balaban J connectivity index is 0.000000204. The van der Waals surface area contributed by atoms with Crippen molar-refractivity contribution in [3.8, 4) is 6.07 Å². The molecule has 0 atom stereocenters. The van der Waals surface area contributed by atoms with E-state index in [1.807, 2.05) is 6.07 Å². The fourth-order valence-corrected chi connectivity index (χ4v) is 1.47. The summed E-state index contributed by atoms with van der Waals surface area (Å²) in [5.41, 5.74) is 0.382. The molecule has 2 N–H and O–H groups in total. The minimum Gasteiger partial charge on any atom is -0.258 e. The molecule has 0 amide bonds. The third kappa shape index (κ3) is 4.68. The summed E-state index contributed by atoms with van der Waals surface area (Å²) in [6, 6.07) is 7.81. The second kappa shape index (κ2) is 7.23. The monoisotopic (exact) mass is 312 g/mol. The van der Waals surface area contributed by atoms with Gasteiger partial charge in [-0.2, -0.15) is 5.26 Å². The van der Waals surface area contributed by atoms with Gasteiger partial charge in [0.05, 0.1) is 16.6 Å². The molecule has 2 rings (SSSR count). The van der Waals surface area contributed by atoms with Gasteiger partial charge in [0.2, 0.25) is 17.5 Å². The minimum atomic E-state index is -0.619. The van der Waals surface area contributed by atoms with Crippen LogP contribution in [0.25, 0.3) is 0 Å². The Kier molecular flexibility index (Phi) is 5.65. The fraction of sp³-hybridized carbons (Fsp3) is 0. The summed E-state index contributed by atoms with van der Waals surface area (Å²) >= 11 is 10.8. The summed E-state index contributed by atoms with van der Waals surface area (Å²) < 4.78 is 1.39. The number of nitrogen functional groups attached to an aromatic ring is 1. The zero-order valence-corrected chi connectivity index (χ0v) is 11.4. The zero-order valence-electron chi connectivity index (χ0n) is 9.90. The highest BCUT2D eigenvalue weighted by Crippen LogP contribution is 2.22. The maximum atomic E-state index is 10.2. The van der Waals surface area contributed by atoms with Gasteiger partial charge in [0.15, 0.2) is 0 Å². The smallest absolute Gasteiger partial charge is 0.258 e. The van der Waals surface area contributed by atoms with Crippen LogP contribution in [-0.2, 0) is 0 Å². The van der Waals surface area contributed by atoms with E-state index < -0.39 is 4.92 Å². The summed E-state index contributed by atoms with van der Waals surface area (Å²) in [6.07, 6.45) is 3.25. The minimum absolute atomic E-state index is 0.139. The highest BCUT2D eigenvalue weighted by molar-refractivity contribution is 6.33. The molecule has 0 spiro atoms. The van der Waals surface area contributed by atoms with Gasteiger partial charge >= 0.3 is 5.69 Å². The van der Waals surface area contributed by atoms with E-state index in [0.29, 0.717) is 5.56 Å². The molecule has 0 radical (unpaired) electrons. The molecule has 0 saturated heterocycles. The van der Waals surface area contributed by atoms with Crippen LogP contribution in [0.5, 0.6) is 0 Å². The number of pyridine rings is 2. The zero-order chi connectivity index (χ0) is 15.1. The lowest BCUT2D eigenvalue weighted by Crippen LogP contribution is -2.43. The first-order chi connectivity index (χ1) is 9.43. The Morgan fingerprint density at radius 3 is 2.35 bits per heavy atom. The number of nitriles is 1. The first kappa shape index (κ1) is 15.6. The molecule has 0 aliphatic heterocycles. The van der Waals surface area contributed by atoms with Gasteiger partial charge in [-0.1, -0.05) is 27.9 Å². The number of nitrogens with two attached hydrogens (primary N) is 1. The quantitative estimate of drug-likeness (QED) is 0.284. The van der Waals surface area contributed by atoms with Gasteiger partial charge in [-0.05, 0) is 6.07 Å². The van der Waals surface area contributed by atoms with Crippen molar-refractivity contribution in [2.75, 3.05) is 5.84 Å². The molecule has 0 fully saturated rings. The molecular formula is C11H8Cl2N5O2+. The maximum absolute atomic E-state index is 10.2. The van der Waals surface area contributed by atoms with Crippen molar-refractivity contribution in [3.63, 3.8) is 0 Å². The molecule has 20 heavy (non-hydrogen) atoms. The highest BCUT2D eigenvalue weighted by atomic mass is 35.5. The van der Waals surface area contributed by atoms with Crippen LogP contribution in [0.2, 0.25) is 10.3 Å². The van der Waals surface area contributed by atoms with Crippen LogP contribution in [-0.4, -0.2) is 9.91 Å². The Morgan fingerprint density at radius 1 is 1.30 bits per heavy atom. The molecule has 9 heteroatoms. The lowest BCUT2D eigenvalue weighted by atomic mass is 10.3. The average molecular weight is 313 g/mol. The Bertz CT molecular complexity index is 655. The molecule has 2 aromatic heterocycles. The molecule has 102 valence electrons. The second-order valence-electron chi connectivity index (χ2n) is 3.35. The number of hydrogen-bond donors (Lipinski definition) is 1. The van der Waals surface area contributed by atoms with Gasteiger partial charge in [0.1, 0.15) is 5.15 Å². The van der Waals surface area contributed by atoms with Gasteiger partial charge in [-0.3, -0.25) is 10.1 Å². The maximum Gasteiger partial charge on any atom is 0.306 e. The van der Waals surface area contributed by atoms with Crippen LogP contribution in [0, 0.1) is 21.4 Å². The van der Waals surface area contributed by atoms with Crippen molar-refractivity contribution in [1.29, 1.82) is 5.26 Å². The Morgan fingerprint density at radius 2 is 1.90 bits per heavy atom. The van der Waals surface area contributed by atoms with Crippen molar-refractivity contribution in [2.45, 2.75) is 0 Å². The van der Waals surface area contributed by atoms with Crippen molar-refractivity contribution in [3.05, 3.63) is 62.6 Å².